The third-order valence-corrected chi connectivity index (χ3v) is 2.73. The molecule has 0 aliphatic rings. The quantitative estimate of drug-likeness (QED) is 0.846. The minimum atomic E-state index is 0. The average molecular weight is 291 g/mol. The lowest BCUT2D eigenvalue weighted by atomic mass is 10.1. The molecular weight excluding hydrogens is 271 g/mol. The molecule has 0 aromatic heterocycles. The second kappa shape index (κ2) is 9.20. The van der Waals surface area contributed by atoms with Crippen molar-refractivity contribution in [2.24, 2.45) is 5.73 Å². The van der Waals surface area contributed by atoms with Crippen LogP contribution in [-0.4, -0.2) is 18.5 Å². The number of benzene rings is 1. The Balaban J connectivity index is 0.00000289. The molecule has 0 bridgehead atoms. The summed E-state index contributed by atoms with van der Waals surface area (Å²) < 4.78 is 0. The maximum atomic E-state index is 11.4. The monoisotopic (exact) mass is 290 g/mol. The Hall–Kier alpha value is -0.770. The third kappa shape index (κ3) is 7.54. The van der Waals surface area contributed by atoms with Gasteiger partial charge in [0.15, 0.2) is 0 Å². The van der Waals surface area contributed by atoms with Crippen molar-refractivity contribution in [2.75, 3.05) is 6.54 Å². The van der Waals surface area contributed by atoms with Crippen molar-refractivity contribution in [1.29, 1.82) is 0 Å². The van der Waals surface area contributed by atoms with Gasteiger partial charge >= 0.3 is 0 Å². The van der Waals surface area contributed by atoms with Crippen LogP contribution in [0.3, 0.4) is 0 Å². The van der Waals surface area contributed by atoms with E-state index in [1.165, 1.54) is 5.56 Å². The van der Waals surface area contributed by atoms with Crippen LogP contribution in [0.25, 0.3) is 0 Å². The van der Waals surface area contributed by atoms with Crippen LogP contribution < -0.4 is 11.1 Å². The van der Waals surface area contributed by atoms with Gasteiger partial charge in [-0.1, -0.05) is 23.7 Å². The van der Waals surface area contributed by atoms with E-state index >= 15 is 0 Å². The molecule has 5 heteroatoms. The Kier molecular flexibility index (Phi) is 8.81. The van der Waals surface area contributed by atoms with Gasteiger partial charge in [-0.05, 0) is 37.5 Å². The van der Waals surface area contributed by atoms with Gasteiger partial charge in [-0.2, -0.15) is 0 Å². The molecule has 3 nitrogen and oxygen atoms in total. The van der Waals surface area contributed by atoms with Crippen molar-refractivity contribution in [1.82, 2.24) is 5.32 Å². The lowest BCUT2D eigenvalue weighted by Crippen LogP contribution is -2.27. The van der Waals surface area contributed by atoms with Crippen LogP contribution in [0.1, 0.15) is 25.3 Å². The zero-order chi connectivity index (χ0) is 12.7. The van der Waals surface area contributed by atoms with Gasteiger partial charge < -0.3 is 11.1 Å². The third-order valence-electron chi connectivity index (χ3n) is 2.48. The second-order valence-electron chi connectivity index (χ2n) is 4.24. The van der Waals surface area contributed by atoms with Crippen molar-refractivity contribution < 1.29 is 4.79 Å². The largest absolute Gasteiger partial charge is 0.356 e. The fraction of sp³-hybridized carbons (Fsp3) is 0.462. The van der Waals surface area contributed by atoms with Crippen LogP contribution in [0.15, 0.2) is 24.3 Å². The standard InChI is InChI=1S/C13H19ClN2O.ClH/c1-10(15)2-7-13(17)16-9-8-11-3-5-12(14)6-4-11;/h3-6,10H,2,7-9,15H2,1H3,(H,16,17);1H. The van der Waals surface area contributed by atoms with Crippen LogP contribution in [-0.2, 0) is 11.2 Å². The molecule has 3 N–H and O–H groups in total. The SMILES string of the molecule is CC(N)CCC(=O)NCCc1ccc(Cl)cc1.Cl. The lowest BCUT2D eigenvalue weighted by molar-refractivity contribution is -0.121. The molecule has 0 saturated heterocycles. The zero-order valence-corrected chi connectivity index (χ0v) is 12.1. The van der Waals surface area contributed by atoms with Gasteiger partial charge in [0.1, 0.15) is 0 Å². The Morgan fingerprint density at radius 2 is 2.00 bits per heavy atom. The molecular formula is C13H20Cl2N2O. The number of nitrogens with one attached hydrogen (secondary N) is 1. The molecule has 1 atom stereocenters. The summed E-state index contributed by atoms with van der Waals surface area (Å²) in [4.78, 5) is 11.4. The number of carbonyl (C=O) groups excluding carboxylic acids is 1. The molecule has 0 fully saturated rings. The number of amides is 1. The first-order valence-electron chi connectivity index (χ1n) is 5.84. The van der Waals surface area contributed by atoms with E-state index in [0.29, 0.717) is 13.0 Å². The first kappa shape index (κ1) is 17.2. The zero-order valence-electron chi connectivity index (χ0n) is 10.5. The average Bonchev–Trinajstić information content (AvgIpc) is 2.29. The molecule has 18 heavy (non-hydrogen) atoms. The van der Waals surface area contributed by atoms with Gasteiger partial charge in [0.25, 0.3) is 0 Å². The highest BCUT2D eigenvalue weighted by molar-refractivity contribution is 6.30. The second-order valence-corrected chi connectivity index (χ2v) is 4.68. The van der Waals surface area contributed by atoms with Crippen LogP contribution >= 0.6 is 24.0 Å². The molecule has 0 aliphatic carbocycles. The summed E-state index contributed by atoms with van der Waals surface area (Å²) >= 11 is 5.79. The predicted molar refractivity (Wildman–Crippen MR) is 78.3 cm³/mol. The summed E-state index contributed by atoms with van der Waals surface area (Å²) in [6.07, 6.45) is 2.05. The molecule has 1 unspecified atom stereocenters. The summed E-state index contributed by atoms with van der Waals surface area (Å²) in [7, 11) is 0. The van der Waals surface area contributed by atoms with Crippen LogP contribution in [0, 0.1) is 0 Å². The number of hydrogen-bond acceptors (Lipinski definition) is 2. The Morgan fingerprint density at radius 3 is 2.56 bits per heavy atom. The molecule has 0 radical (unpaired) electrons. The summed E-state index contributed by atoms with van der Waals surface area (Å²) in [5.74, 6) is 0.0660. The fourth-order valence-electron chi connectivity index (χ4n) is 1.44. The molecule has 1 aromatic carbocycles. The molecule has 1 aromatic rings. The van der Waals surface area contributed by atoms with E-state index in [4.69, 9.17) is 17.3 Å². The van der Waals surface area contributed by atoms with Crippen molar-refractivity contribution >= 4 is 29.9 Å². The first-order chi connectivity index (χ1) is 8.08. The topological polar surface area (TPSA) is 55.1 Å². The number of nitrogens with two attached hydrogens (primary N) is 1. The van der Waals surface area contributed by atoms with E-state index in [1.807, 2.05) is 31.2 Å². The highest BCUT2D eigenvalue weighted by Gasteiger charge is 2.02. The van der Waals surface area contributed by atoms with Crippen molar-refractivity contribution in [2.45, 2.75) is 32.2 Å². The van der Waals surface area contributed by atoms with Crippen LogP contribution in [0.5, 0.6) is 0 Å². The molecule has 0 saturated carbocycles. The van der Waals surface area contributed by atoms with E-state index in [1.54, 1.807) is 0 Å². The van der Waals surface area contributed by atoms with Crippen molar-refractivity contribution in [3.8, 4) is 0 Å². The van der Waals surface area contributed by atoms with Gasteiger partial charge in [-0.15, -0.1) is 12.4 Å². The Bertz CT molecular complexity index is 353. The predicted octanol–water partition coefficient (Wildman–Crippen LogP) is 2.55. The van der Waals surface area contributed by atoms with Crippen molar-refractivity contribution in [3.63, 3.8) is 0 Å². The summed E-state index contributed by atoms with van der Waals surface area (Å²) in [5.41, 5.74) is 6.75. The fourth-order valence-corrected chi connectivity index (χ4v) is 1.57. The minimum absolute atomic E-state index is 0. The maximum absolute atomic E-state index is 11.4. The van der Waals surface area contributed by atoms with Gasteiger partial charge in [0, 0.05) is 24.0 Å². The van der Waals surface area contributed by atoms with E-state index in [9.17, 15) is 4.79 Å². The Morgan fingerprint density at radius 1 is 1.39 bits per heavy atom. The minimum Gasteiger partial charge on any atom is -0.356 e. The number of carbonyl (C=O) groups is 1. The maximum Gasteiger partial charge on any atom is 0.220 e. The van der Waals surface area contributed by atoms with Crippen molar-refractivity contribution in [3.05, 3.63) is 34.9 Å². The van der Waals surface area contributed by atoms with Crippen LogP contribution in [0.2, 0.25) is 5.02 Å². The molecule has 1 rings (SSSR count). The number of rotatable bonds is 6. The van der Waals surface area contributed by atoms with E-state index < -0.39 is 0 Å². The molecule has 1 amide bonds. The van der Waals surface area contributed by atoms with Gasteiger partial charge in [0.2, 0.25) is 5.91 Å². The summed E-state index contributed by atoms with van der Waals surface area (Å²) in [6.45, 7) is 2.56. The van der Waals surface area contributed by atoms with Crippen LogP contribution in [0.4, 0.5) is 0 Å². The van der Waals surface area contributed by atoms with E-state index in [2.05, 4.69) is 5.32 Å². The van der Waals surface area contributed by atoms with Gasteiger partial charge in [-0.3, -0.25) is 4.79 Å². The summed E-state index contributed by atoms with van der Waals surface area (Å²) in [6, 6.07) is 7.73. The highest BCUT2D eigenvalue weighted by atomic mass is 35.5. The normalized spacial score (nSPS) is 11.5. The van der Waals surface area contributed by atoms with Gasteiger partial charge in [-0.25, -0.2) is 0 Å². The van der Waals surface area contributed by atoms with E-state index in [-0.39, 0.29) is 24.4 Å². The molecule has 0 heterocycles. The molecule has 0 spiro atoms. The summed E-state index contributed by atoms with van der Waals surface area (Å²) in [5, 5.41) is 3.60. The molecule has 0 aliphatic heterocycles. The highest BCUT2D eigenvalue weighted by Crippen LogP contribution is 2.09. The first-order valence-corrected chi connectivity index (χ1v) is 6.22. The number of hydrogen-bond donors (Lipinski definition) is 2. The van der Waals surface area contributed by atoms with E-state index in [0.717, 1.165) is 17.9 Å². The lowest BCUT2D eigenvalue weighted by Gasteiger charge is -2.07. The Labute approximate surface area is 119 Å². The smallest absolute Gasteiger partial charge is 0.220 e. The van der Waals surface area contributed by atoms with Gasteiger partial charge in [0.05, 0.1) is 0 Å². The molecule has 102 valence electrons. The number of halogens is 2.